The van der Waals surface area contributed by atoms with E-state index in [-0.39, 0.29) is 12.7 Å². The second kappa shape index (κ2) is 7.47. The molecule has 0 radical (unpaired) electrons. The van der Waals surface area contributed by atoms with Gasteiger partial charge in [-0.2, -0.15) is 5.10 Å². The van der Waals surface area contributed by atoms with Crippen molar-refractivity contribution in [1.29, 1.82) is 0 Å². The Morgan fingerprint density at radius 3 is 2.70 bits per heavy atom. The lowest BCUT2D eigenvalue weighted by atomic mass is 9.96. The largest absolute Gasteiger partial charge is 0.454 e. The first-order chi connectivity index (χ1) is 13.1. The summed E-state index contributed by atoms with van der Waals surface area (Å²) in [5.74, 6) is 2.12. The van der Waals surface area contributed by atoms with Crippen molar-refractivity contribution in [2.75, 3.05) is 19.9 Å². The van der Waals surface area contributed by atoms with Gasteiger partial charge in [-0.3, -0.25) is 9.48 Å². The van der Waals surface area contributed by atoms with E-state index in [1.807, 2.05) is 36.1 Å². The minimum Gasteiger partial charge on any atom is -0.454 e. The molecule has 6 nitrogen and oxygen atoms in total. The molecule has 4 rings (SSSR count). The minimum atomic E-state index is 0.0669. The smallest absolute Gasteiger partial charge is 0.246 e. The van der Waals surface area contributed by atoms with Gasteiger partial charge in [0.25, 0.3) is 0 Å². The molecule has 2 aliphatic rings. The van der Waals surface area contributed by atoms with Gasteiger partial charge in [0.05, 0.1) is 5.69 Å². The summed E-state index contributed by atoms with van der Waals surface area (Å²) in [4.78, 5) is 14.4. The Balaban J connectivity index is 1.30. The van der Waals surface area contributed by atoms with E-state index in [1.54, 1.807) is 6.08 Å². The Bertz CT molecular complexity index is 864. The monoisotopic (exact) mass is 367 g/mol. The summed E-state index contributed by atoms with van der Waals surface area (Å²) in [5, 5.41) is 4.55. The van der Waals surface area contributed by atoms with E-state index in [9.17, 15) is 4.79 Å². The van der Waals surface area contributed by atoms with Crippen LogP contribution in [0.5, 0.6) is 11.5 Å². The Morgan fingerprint density at radius 2 is 1.96 bits per heavy atom. The third kappa shape index (κ3) is 3.99. The van der Waals surface area contributed by atoms with Gasteiger partial charge in [-0.25, -0.2) is 0 Å². The van der Waals surface area contributed by atoms with Crippen LogP contribution in [0.4, 0.5) is 0 Å². The molecule has 1 aromatic carbocycles. The van der Waals surface area contributed by atoms with Crippen LogP contribution in [0, 0.1) is 19.8 Å². The average Bonchev–Trinajstić information content (AvgIpc) is 3.25. The standard InChI is InChI=1S/C21H25N3O3/c1-15-11-16(2)24(22-15)13-18-7-9-23(10-8-18)21(25)6-4-17-3-5-19-20(12-17)27-14-26-19/h3-6,11-12,18H,7-10,13-14H2,1-2H3/b6-4+. The van der Waals surface area contributed by atoms with Gasteiger partial charge in [-0.05, 0) is 62.4 Å². The van der Waals surface area contributed by atoms with Crippen molar-refractivity contribution in [3.8, 4) is 11.5 Å². The number of amides is 1. The van der Waals surface area contributed by atoms with Gasteiger partial charge in [0.1, 0.15) is 0 Å². The summed E-state index contributed by atoms with van der Waals surface area (Å²) in [6.45, 7) is 6.92. The van der Waals surface area contributed by atoms with E-state index < -0.39 is 0 Å². The summed E-state index contributed by atoms with van der Waals surface area (Å²) in [6.07, 6.45) is 5.52. The number of aromatic nitrogens is 2. The lowest BCUT2D eigenvalue weighted by Gasteiger charge is -2.31. The minimum absolute atomic E-state index is 0.0669. The fraction of sp³-hybridized carbons (Fsp3) is 0.429. The van der Waals surface area contributed by atoms with Gasteiger partial charge in [-0.1, -0.05) is 6.07 Å². The summed E-state index contributed by atoms with van der Waals surface area (Å²) >= 11 is 0. The second-order valence-electron chi connectivity index (χ2n) is 7.32. The van der Waals surface area contributed by atoms with Crippen LogP contribution < -0.4 is 9.47 Å². The Kier molecular flexibility index (Phi) is 4.88. The first-order valence-corrected chi connectivity index (χ1v) is 9.46. The van der Waals surface area contributed by atoms with Gasteiger partial charge in [-0.15, -0.1) is 0 Å². The molecule has 2 aliphatic heterocycles. The van der Waals surface area contributed by atoms with Crippen molar-refractivity contribution in [3.63, 3.8) is 0 Å². The average molecular weight is 367 g/mol. The van der Waals surface area contributed by atoms with Crippen molar-refractivity contribution >= 4 is 12.0 Å². The zero-order chi connectivity index (χ0) is 18.8. The molecule has 0 atom stereocenters. The van der Waals surface area contributed by atoms with Crippen molar-refractivity contribution in [2.45, 2.75) is 33.2 Å². The van der Waals surface area contributed by atoms with Gasteiger partial charge in [0.15, 0.2) is 11.5 Å². The highest BCUT2D eigenvalue weighted by molar-refractivity contribution is 5.91. The molecule has 1 aromatic heterocycles. The highest BCUT2D eigenvalue weighted by Crippen LogP contribution is 2.32. The third-order valence-electron chi connectivity index (χ3n) is 5.28. The number of carbonyl (C=O) groups excluding carboxylic acids is 1. The maximum Gasteiger partial charge on any atom is 0.246 e. The Labute approximate surface area is 159 Å². The zero-order valence-electron chi connectivity index (χ0n) is 15.9. The van der Waals surface area contributed by atoms with Gasteiger partial charge < -0.3 is 14.4 Å². The molecule has 1 amide bonds. The molecule has 27 heavy (non-hydrogen) atoms. The van der Waals surface area contributed by atoms with Crippen molar-refractivity contribution in [1.82, 2.24) is 14.7 Å². The van der Waals surface area contributed by atoms with E-state index in [2.05, 4.69) is 22.8 Å². The molecule has 1 saturated heterocycles. The predicted molar refractivity (Wildman–Crippen MR) is 103 cm³/mol. The zero-order valence-corrected chi connectivity index (χ0v) is 15.9. The number of benzene rings is 1. The van der Waals surface area contributed by atoms with Crippen LogP contribution >= 0.6 is 0 Å². The van der Waals surface area contributed by atoms with Gasteiger partial charge in [0, 0.05) is 31.4 Å². The molecule has 2 aromatic rings. The number of carbonyl (C=O) groups is 1. The molecule has 3 heterocycles. The fourth-order valence-electron chi connectivity index (χ4n) is 3.73. The topological polar surface area (TPSA) is 56.6 Å². The first-order valence-electron chi connectivity index (χ1n) is 9.46. The molecule has 0 unspecified atom stereocenters. The summed E-state index contributed by atoms with van der Waals surface area (Å²) in [6, 6.07) is 7.81. The van der Waals surface area contributed by atoms with Gasteiger partial charge in [0.2, 0.25) is 12.7 Å². The number of rotatable bonds is 4. The molecule has 1 fully saturated rings. The maximum absolute atomic E-state index is 12.5. The lowest BCUT2D eigenvalue weighted by molar-refractivity contribution is -0.127. The molecule has 0 saturated carbocycles. The number of fused-ring (bicyclic) bond motifs is 1. The molecular formula is C21H25N3O3. The summed E-state index contributed by atoms with van der Waals surface area (Å²) in [5.41, 5.74) is 3.21. The maximum atomic E-state index is 12.5. The molecule has 0 bridgehead atoms. The summed E-state index contributed by atoms with van der Waals surface area (Å²) < 4.78 is 12.8. The number of likely N-dealkylation sites (tertiary alicyclic amines) is 1. The van der Waals surface area contributed by atoms with Crippen molar-refractivity contribution in [2.24, 2.45) is 5.92 Å². The Hall–Kier alpha value is -2.76. The first kappa shape index (κ1) is 17.6. The predicted octanol–water partition coefficient (Wildman–Crippen LogP) is 3.18. The van der Waals surface area contributed by atoms with Crippen molar-refractivity contribution in [3.05, 3.63) is 47.3 Å². The van der Waals surface area contributed by atoms with Crippen LogP contribution in [-0.2, 0) is 11.3 Å². The van der Waals surface area contributed by atoms with E-state index in [1.165, 1.54) is 5.69 Å². The fourth-order valence-corrected chi connectivity index (χ4v) is 3.73. The number of ether oxygens (including phenoxy) is 2. The SMILES string of the molecule is Cc1cc(C)n(CC2CCN(C(=O)/C=C/c3ccc4c(c3)OCO4)CC2)n1. The number of hydrogen-bond acceptors (Lipinski definition) is 4. The van der Waals surface area contributed by atoms with Crippen LogP contribution in [0.3, 0.4) is 0 Å². The molecule has 0 spiro atoms. The third-order valence-corrected chi connectivity index (χ3v) is 5.28. The molecule has 6 heteroatoms. The molecular weight excluding hydrogens is 342 g/mol. The number of hydrogen-bond donors (Lipinski definition) is 0. The van der Waals surface area contributed by atoms with Gasteiger partial charge >= 0.3 is 0 Å². The van der Waals surface area contributed by atoms with E-state index in [4.69, 9.17) is 9.47 Å². The highest BCUT2D eigenvalue weighted by Gasteiger charge is 2.22. The summed E-state index contributed by atoms with van der Waals surface area (Å²) in [7, 11) is 0. The normalized spacial score (nSPS) is 17.0. The molecule has 0 aliphatic carbocycles. The Morgan fingerprint density at radius 1 is 1.19 bits per heavy atom. The molecule has 142 valence electrons. The highest BCUT2D eigenvalue weighted by atomic mass is 16.7. The van der Waals surface area contributed by atoms with Crippen LogP contribution in [-0.4, -0.2) is 40.5 Å². The van der Waals surface area contributed by atoms with E-state index in [0.717, 1.165) is 55.2 Å². The number of piperidine rings is 1. The van der Waals surface area contributed by atoms with E-state index in [0.29, 0.717) is 5.92 Å². The van der Waals surface area contributed by atoms with Crippen LogP contribution in [0.1, 0.15) is 29.8 Å². The second-order valence-corrected chi connectivity index (χ2v) is 7.32. The quantitative estimate of drug-likeness (QED) is 0.779. The van der Waals surface area contributed by atoms with Crippen LogP contribution in [0.15, 0.2) is 30.3 Å². The number of aryl methyl sites for hydroxylation is 2. The van der Waals surface area contributed by atoms with E-state index >= 15 is 0 Å². The lowest BCUT2D eigenvalue weighted by Crippen LogP contribution is -2.38. The number of nitrogens with zero attached hydrogens (tertiary/aromatic N) is 3. The van der Waals surface area contributed by atoms with Crippen LogP contribution in [0.2, 0.25) is 0 Å². The van der Waals surface area contributed by atoms with Crippen molar-refractivity contribution < 1.29 is 14.3 Å². The molecule has 0 N–H and O–H groups in total. The van der Waals surface area contributed by atoms with Crippen LogP contribution in [0.25, 0.3) is 6.08 Å².